The lowest BCUT2D eigenvalue weighted by Crippen LogP contribution is -2.42. The Bertz CT molecular complexity index is 761. The SMILES string of the molecule is Cc1ccc(C(=O)N2C3CCC2c2cncnc2C3)cc1F. The number of aromatic nitrogens is 2. The van der Waals surface area contributed by atoms with Gasteiger partial charge in [-0.3, -0.25) is 4.79 Å². The molecule has 2 atom stereocenters. The smallest absolute Gasteiger partial charge is 0.254 e. The molecule has 2 bridgehead atoms. The molecule has 1 aromatic heterocycles. The molecule has 2 aliphatic rings. The van der Waals surface area contributed by atoms with E-state index in [1.807, 2.05) is 11.1 Å². The lowest BCUT2D eigenvalue weighted by molar-refractivity contribution is 0.0643. The quantitative estimate of drug-likeness (QED) is 0.813. The lowest BCUT2D eigenvalue weighted by atomic mass is 9.98. The second-order valence-electron chi connectivity index (χ2n) is 6.05. The van der Waals surface area contributed by atoms with Crippen LogP contribution in [-0.2, 0) is 6.42 Å². The molecule has 4 rings (SSSR count). The number of aryl methyl sites for hydroxylation is 1. The highest BCUT2D eigenvalue weighted by Crippen LogP contribution is 2.43. The summed E-state index contributed by atoms with van der Waals surface area (Å²) in [4.78, 5) is 23.2. The van der Waals surface area contributed by atoms with E-state index < -0.39 is 0 Å². The number of hydrogen-bond donors (Lipinski definition) is 0. The number of hydrogen-bond acceptors (Lipinski definition) is 3. The topological polar surface area (TPSA) is 46.1 Å². The zero-order chi connectivity index (χ0) is 15.3. The number of amides is 1. The monoisotopic (exact) mass is 297 g/mol. The van der Waals surface area contributed by atoms with Crippen molar-refractivity contribution in [3.63, 3.8) is 0 Å². The van der Waals surface area contributed by atoms with Crippen molar-refractivity contribution in [3.8, 4) is 0 Å². The van der Waals surface area contributed by atoms with Crippen molar-refractivity contribution in [1.29, 1.82) is 0 Å². The molecule has 4 nitrogen and oxygen atoms in total. The van der Waals surface area contributed by atoms with Crippen LogP contribution >= 0.6 is 0 Å². The van der Waals surface area contributed by atoms with E-state index in [1.54, 1.807) is 25.4 Å². The van der Waals surface area contributed by atoms with E-state index in [-0.39, 0.29) is 23.8 Å². The maximum atomic E-state index is 13.8. The number of carbonyl (C=O) groups is 1. The van der Waals surface area contributed by atoms with E-state index in [2.05, 4.69) is 9.97 Å². The third kappa shape index (κ3) is 1.92. The first-order chi connectivity index (χ1) is 10.6. The van der Waals surface area contributed by atoms with Gasteiger partial charge in [-0.05, 0) is 37.5 Å². The van der Waals surface area contributed by atoms with Crippen LogP contribution in [0, 0.1) is 12.7 Å². The molecule has 3 heterocycles. The Morgan fingerprint density at radius 1 is 1.36 bits per heavy atom. The summed E-state index contributed by atoms with van der Waals surface area (Å²) in [6.45, 7) is 1.70. The van der Waals surface area contributed by atoms with Gasteiger partial charge >= 0.3 is 0 Å². The third-order valence-electron chi connectivity index (χ3n) is 4.77. The maximum Gasteiger partial charge on any atom is 0.254 e. The Labute approximate surface area is 128 Å². The van der Waals surface area contributed by atoms with Crippen molar-refractivity contribution in [2.24, 2.45) is 0 Å². The average Bonchev–Trinajstić information content (AvgIpc) is 2.84. The Morgan fingerprint density at radius 3 is 3.05 bits per heavy atom. The lowest BCUT2D eigenvalue weighted by Gasteiger charge is -2.35. The van der Waals surface area contributed by atoms with Gasteiger partial charge in [-0.25, -0.2) is 14.4 Å². The number of benzene rings is 1. The van der Waals surface area contributed by atoms with E-state index in [9.17, 15) is 9.18 Å². The summed E-state index contributed by atoms with van der Waals surface area (Å²) in [7, 11) is 0. The number of nitrogens with zero attached hydrogens (tertiary/aromatic N) is 3. The second kappa shape index (κ2) is 4.87. The fourth-order valence-corrected chi connectivity index (χ4v) is 3.61. The summed E-state index contributed by atoms with van der Waals surface area (Å²) < 4.78 is 13.8. The van der Waals surface area contributed by atoms with Gasteiger partial charge in [0.05, 0.1) is 11.7 Å². The molecule has 2 aromatic rings. The van der Waals surface area contributed by atoms with E-state index in [1.165, 1.54) is 6.07 Å². The van der Waals surface area contributed by atoms with Crippen molar-refractivity contribution >= 4 is 5.91 Å². The van der Waals surface area contributed by atoms with Crippen molar-refractivity contribution in [2.75, 3.05) is 0 Å². The van der Waals surface area contributed by atoms with Crippen molar-refractivity contribution in [3.05, 3.63) is 58.9 Å². The standard InChI is InChI=1S/C17H16FN3O/c1-10-2-3-11(6-14(10)18)17(22)21-12-4-5-16(21)13-8-19-9-20-15(13)7-12/h2-3,6,8-9,12,16H,4-5,7H2,1H3. The van der Waals surface area contributed by atoms with Crippen LogP contribution in [0.4, 0.5) is 4.39 Å². The summed E-state index contributed by atoms with van der Waals surface area (Å²) in [5.41, 5.74) is 3.05. The van der Waals surface area contributed by atoms with Gasteiger partial charge in [0.25, 0.3) is 5.91 Å². The molecule has 0 N–H and O–H groups in total. The average molecular weight is 297 g/mol. The molecule has 2 aliphatic heterocycles. The molecule has 0 spiro atoms. The second-order valence-corrected chi connectivity index (χ2v) is 6.05. The normalized spacial score (nSPS) is 22.5. The van der Waals surface area contributed by atoms with Crippen LogP contribution < -0.4 is 0 Å². The fraction of sp³-hybridized carbons (Fsp3) is 0.353. The minimum absolute atomic E-state index is 0.0202. The molecular weight excluding hydrogens is 281 g/mol. The summed E-state index contributed by atoms with van der Waals surface area (Å²) in [6, 6.07) is 4.88. The number of carbonyl (C=O) groups excluding carboxylic acids is 1. The molecule has 5 heteroatoms. The van der Waals surface area contributed by atoms with Crippen LogP contribution in [-0.4, -0.2) is 26.8 Å². The summed E-state index contributed by atoms with van der Waals surface area (Å²) in [6.07, 6.45) is 6.01. The largest absolute Gasteiger partial charge is 0.328 e. The van der Waals surface area contributed by atoms with E-state index in [0.29, 0.717) is 11.1 Å². The Morgan fingerprint density at radius 2 is 2.23 bits per heavy atom. The highest BCUT2D eigenvalue weighted by atomic mass is 19.1. The summed E-state index contributed by atoms with van der Waals surface area (Å²) in [5.74, 6) is -0.431. The van der Waals surface area contributed by atoms with E-state index >= 15 is 0 Å². The maximum absolute atomic E-state index is 13.8. The van der Waals surface area contributed by atoms with Crippen molar-refractivity contribution in [2.45, 2.75) is 38.3 Å². The van der Waals surface area contributed by atoms with Gasteiger partial charge in [-0.15, -0.1) is 0 Å². The van der Waals surface area contributed by atoms with Gasteiger partial charge in [0.1, 0.15) is 12.1 Å². The summed E-state index contributed by atoms with van der Waals surface area (Å²) in [5, 5.41) is 0. The minimum Gasteiger partial charge on any atom is -0.328 e. The van der Waals surface area contributed by atoms with E-state index in [4.69, 9.17) is 0 Å². The Hall–Kier alpha value is -2.30. The summed E-state index contributed by atoms with van der Waals surface area (Å²) >= 11 is 0. The van der Waals surface area contributed by atoms with Gasteiger partial charge in [-0.1, -0.05) is 6.07 Å². The molecule has 0 saturated carbocycles. The van der Waals surface area contributed by atoms with Crippen LogP contribution in [0.15, 0.2) is 30.7 Å². The van der Waals surface area contributed by atoms with Gasteiger partial charge in [0, 0.05) is 29.8 Å². The molecule has 0 radical (unpaired) electrons. The highest BCUT2D eigenvalue weighted by molar-refractivity contribution is 5.95. The minimum atomic E-state index is -0.334. The zero-order valence-electron chi connectivity index (χ0n) is 12.3. The van der Waals surface area contributed by atoms with Crippen molar-refractivity contribution in [1.82, 2.24) is 14.9 Å². The predicted molar refractivity (Wildman–Crippen MR) is 78.8 cm³/mol. The van der Waals surface area contributed by atoms with Gasteiger partial charge in [0.15, 0.2) is 0 Å². The van der Waals surface area contributed by atoms with E-state index in [0.717, 1.165) is 30.5 Å². The first kappa shape index (κ1) is 13.4. The van der Waals surface area contributed by atoms with Gasteiger partial charge in [0.2, 0.25) is 0 Å². The van der Waals surface area contributed by atoms with Crippen LogP contribution in [0.25, 0.3) is 0 Å². The molecule has 1 aromatic carbocycles. The van der Waals surface area contributed by atoms with Gasteiger partial charge in [-0.2, -0.15) is 0 Å². The first-order valence-corrected chi connectivity index (χ1v) is 7.52. The molecule has 22 heavy (non-hydrogen) atoms. The van der Waals surface area contributed by atoms with Crippen LogP contribution in [0.1, 0.15) is 46.1 Å². The Balaban J connectivity index is 1.71. The first-order valence-electron chi connectivity index (χ1n) is 7.52. The third-order valence-corrected chi connectivity index (χ3v) is 4.77. The molecule has 1 amide bonds. The fourth-order valence-electron chi connectivity index (χ4n) is 3.61. The number of halogens is 1. The van der Waals surface area contributed by atoms with Crippen LogP contribution in [0.2, 0.25) is 0 Å². The Kier molecular flexibility index (Phi) is 2.96. The van der Waals surface area contributed by atoms with Crippen LogP contribution in [0.3, 0.4) is 0 Å². The van der Waals surface area contributed by atoms with Gasteiger partial charge < -0.3 is 4.90 Å². The molecule has 2 unspecified atom stereocenters. The molecule has 112 valence electrons. The molecule has 0 aliphatic carbocycles. The van der Waals surface area contributed by atoms with Crippen molar-refractivity contribution < 1.29 is 9.18 Å². The molecular formula is C17H16FN3O. The molecule has 1 fully saturated rings. The number of fused-ring (bicyclic) bond motifs is 4. The molecule has 1 saturated heterocycles. The predicted octanol–water partition coefficient (Wildman–Crippen LogP) is 2.83. The van der Waals surface area contributed by atoms with Crippen LogP contribution in [0.5, 0.6) is 0 Å². The highest BCUT2D eigenvalue weighted by Gasteiger charge is 2.43. The zero-order valence-corrected chi connectivity index (χ0v) is 12.3. The number of rotatable bonds is 1.